The number of ether oxygens (including phenoxy) is 4. The molecule has 0 aliphatic carbocycles. The summed E-state index contributed by atoms with van der Waals surface area (Å²) in [7, 11) is 3.23. The fourth-order valence-corrected chi connectivity index (χ4v) is 4.57. The molecule has 1 N–H and O–H groups in total. The second-order valence-electron chi connectivity index (χ2n) is 8.02. The van der Waals surface area contributed by atoms with E-state index in [2.05, 4.69) is 10.3 Å². The van der Waals surface area contributed by atoms with Crippen molar-refractivity contribution >= 4 is 46.2 Å². The third-order valence-corrected chi connectivity index (χ3v) is 6.79. The largest absolute Gasteiger partial charge is 0.497 e. The van der Waals surface area contributed by atoms with E-state index in [1.54, 1.807) is 26.4 Å². The second-order valence-corrected chi connectivity index (χ2v) is 9.46. The Labute approximate surface area is 225 Å². The second kappa shape index (κ2) is 12.1. The van der Waals surface area contributed by atoms with Gasteiger partial charge in [0.05, 0.1) is 31.4 Å². The number of methoxy groups -OCH3 is 2. The summed E-state index contributed by atoms with van der Waals surface area (Å²) in [5.74, 6) is 2.36. The van der Waals surface area contributed by atoms with Crippen LogP contribution in [0.15, 0.2) is 64.5 Å². The van der Waals surface area contributed by atoms with E-state index in [1.807, 2.05) is 62.4 Å². The van der Waals surface area contributed by atoms with Crippen LogP contribution in [0, 0.1) is 6.92 Å². The predicted molar refractivity (Wildman–Crippen MR) is 148 cm³/mol. The standard InChI is InChI=1S/C28H27ClN2O5S/c1-5-35-25-12-18(7-10-24(25)36-16-19-14-21(33-3)9-11-23(19)34-4)13-26-27(32)31-28(37-26)30-20-8-6-17(2)22(29)15-20/h6-15H,5,16H2,1-4H3,(H,30,31,32)/b26-13-. The third-order valence-electron chi connectivity index (χ3n) is 5.47. The lowest BCUT2D eigenvalue weighted by atomic mass is 10.1. The van der Waals surface area contributed by atoms with E-state index in [0.29, 0.717) is 50.4 Å². The number of carbonyl (C=O) groups is 1. The van der Waals surface area contributed by atoms with E-state index in [0.717, 1.165) is 16.7 Å². The minimum absolute atomic E-state index is 0.217. The average molecular weight is 539 g/mol. The Bertz CT molecular complexity index is 1370. The quantitative estimate of drug-likeness (QED) is 0.312. The molecule has 1 fully saturated rings. The summed E-state index contributed by atoms with van der Waals surface area (Å²) in [6.07, 6.45) is 1.79. The van der Waals surface area contributed by atoms with E-state index in [-0.39, 0.29) is 12.5 Å². The van der Waals surface area contributed by atoms with E-state index < -0.39 is 0 Å². The van der Waals surface area contributed by atoms with Crippen LogP contribution in [0.2, 0.25) is 5.02 Å². The number of nitrogens with zero attached hydrogens (tertiary/aromatic N) is 1. The summed E-state index contributed by atoms with van der Waals surface area (Å²) in [5.41, 5.74) is 3.28. The molecule has 4 rings (SSSR count). The van der Waals surface area contributed by atoms with Crippen LogP contribution >= 0.6 is 23.4 Å². The van der Waals surface area contributed by atoms with Crippen molar-refractivity contribution in [3.8, 4) is 23.0 Å². The SMILES string of the molecule is CCOc1cc(/C=C2\SC(=Nc3ccc(C)c(Cl)c3)NC2=O)ccc1OCc1cc(OC)ccc1OC. The Morgan fingerprint density at radius 1 is 0.973 bits per heavy atom. The van der Waals surface area contributed by atoms with E-state index >= 15 is 0 Å². The zero-order valence-electron chi connectivity index (χ0n) is 21.0. The van der Waals surface area contributed by atoms with E-state index in [4.69, 9.17) is 30.5 Å². The topological polar surface area (TPSA) is 78.4 Å². The van der Waals surface area contributed by atoms with Crippen LogP contribution in [0.5, 0.6) is 23.0 Å². The van der Waals surface area contributed by atoms with Crippen LogP contribution in [0.3, 0.4) is 0 Å². The van der Waals surface area contributed by atoms with Crippen LogP contribution < -0.4 is 24.3 Å². The van der Waals surface area contributed by atoms with Gasteiger partial charge in [-0.2, -0.15) is 0 Å². The molecule has 0 saturated carbocycles. The molecule has 1 amide bonds. The van der Waals surface area contributed by atoms with Crippen molar-refractivity contribution < 1.29 is 23.7 Å². The van der Waals surface area contributed by atoms with Crippen LogP contribution in [0.1, 0.15) is 23.6 Å². The van der Waals surface area contributed by atoms with Crippen LogP contribution in [0.25, 0.3) is 6.08 Å². The molecule has 0 unspecified atom stereocenters. The molecule has 0 atom stereocenters. The number of hydrogen-bond acceptors (Lipinski definition) is 7. The molecule has 1 aliphatic heterocycles. The van der Waals surface area contributed by atoms with Gasteiger partial charge < -0.3 is 24.3 Å². The molecule has 1 heterocycles. The van der Waals surface area contributed by atoms with E-state index in [1.165, 1.54) is 11.8 Å². The van der Waals surface area contributed by atoms with Crippen molar-refractivity contribution in [1.82, 2.24) is 5.32 Å². The van der Waals surface area contributed by atoms with Crippen molar-refractivity contribution in [2.45, 2.75) is 20.5 Å². The predicted octanol–water partition coefficient (Wildman–Crippen LogP) is 6.53. The Hall–Kier alpha value is -3.62. The number of halogens is 1. The van der Waals surface area contributed by atoms with Gasteiger partial charge in [0.1, 0.15) is 18.1 Å². The Balaban J connectivity index is 1.52. The number of benzene rings is 3. The highest BCUT2D eigenvalue weighted by Gasteiger charge is 2.24. The lowest BCUT2D eigenvalue weighted by Gasteiger charge is -2.15. The summed E-state index contributed by atoms with van der Waals surface area (Å²) in [4.78, 5) is 17.6. The molecule has 1 saturated heterocycles. The summed E-state index contributed by atoms with van der Waals surface area (Å²) < 4.78 is 22.7. The van der Waals surface area contributed by atoms with Gasteiger partial charge in [-0.1, -0.05) is 23.7 Å². The Morgan fingerprint density at radius 2 is 1.78 bits per heavy atom. The number of aryl methyl sites for hydroxylation is 1. The van der Waals surface area contributed by atoms with Gasteiger partial charge in [0.25, 0.3) is 5.91 Å². The highest BCUT2D eigenvalue weighted by Crippen LogP contribution is 2.34. The first-order valence-electron chi connectivity index (χ1n) is 11.6. The van der Waals surface area contributed by atoms with E-state index in [9.17, 15) is 4.79 Å². The molecule has 7 nitrogen and oxygen atoms in total. The number of hydrogen-bond donors (Lipinski definition) is 1. The first-order chi connectivity index (χ1) is 17.9. The number of carbonyl (C=O) groups excluding carboxylic acids is 1. The Kier molecular flexibility index (Phi) is 8.63. The number of amides is 1. The van der Waals surface area contributed by atoms with Crippen molar-refractivity contribution in [1.29, 1.82) is 0 Å². The van der Waals surface area contributed by atoms with Gasteiger partial charge in [-0.3, -0.25) is 4.79 Å². The summed E-state index contributed by atoms with van der Waals surface area (Å²) in [5, 5.41) is 3.92. The minimum Gasteiger partial charge on any atom is -0.497 e. The maximum absolute atomic E-state index is 12.6. The molecule has 3 aromatic carbocycles. The molecule has 9 heteroatoms. The number of nitrogens with one attached hydrogen (secondary N) is 1. The molecule has 0 bridgehead atoms. The molecule has 37 heavy (non-hydrogen) atoms. The molecule has 0 aromatic heterocycles. The average Bonchev–Trinajstić information content (AvgIpc) is 3.23. The monoisotopic (exact) mass is 538 g/mol. The molecule has 3 aromatic rings. The van der Waals surface area contributed by atoms with Gasteiger partial charge in [0, 0.05) is 10.6 Å². The summed E-state index contributed by atoms with van der Waals surface area (Å²) in [6, 6.07) is 16.6. The van der Waals surface area contributed by atoms with Gasteiger partial charge in [0.15, 0.2) is 16.7 Å². The fourth-order valence-electron chi connectivity index (χ4n) is 3.55. The first kappa shape index (κ1) is 26.4. The van der Waals surface area contributed by atoms with Crippen LogP contribution in [-0.4, -0.2) is 31.9 Å². The molecular formula is C28H27ClN2O5S. The van der Waals surface area contributed by atoms with Gasteiger partial charge in [-0.05, 0) is 85.3 Å². The zero-order chi connectivity index (χ0) is 26.4. The van der Waals surface area contributed by atoms with Gasteiger partial charge in [-0.15, -0.1) is 0 Å². The lowest BCUT2D eigenvalue weighted by Crippen LogP contribution is -2.19. The molecule has 0 spiro atoms. The van der Waals surface area contributed by atoms with Crippen molar-refractivity contribution in [3.63, 3.8) is 0 Å². The summed E-state index contributed by atoms with van der Waals surface area (Å²) in [6.45, 7) is 4.56. The molecule has 0 radical (unpaired) electrons. The van der Waals surface area contributed by atoms with Gasteiger partial charge in [-0.25, -0.2) is 4.99 Å². The molecular weight excluding hydrogens is 512 g/mol. The number of thioether (sulfide) groups is 1. The van der Waals surface area contributed by atoms with Gasteiger partial charge in [0.2, 0.25) is 0 Å². The smallest absolute Gasteiger partial charge is 0.264 e. The summed E-state index contributed by atoms with van der Waals surface area (Å²) >= 11 is 7.46. The fraction of sp³-hybridized carbons (Fsp3) is 0.214. The van der Waals surface area contributed by atoms with Crippen LogP contribution in [-0.2, 0) is 11.4 Å². The normalized spacial score (nSPS) is 15.1. The van der Waals surface area contributed by atoms with Gasteiger partial charge >= 0.3 is 0 Å². The number of rotatable bonds is 9. The molecule has 192 valence electrons. The maximum atomic E-state index is 12.6. The highest BCUT2D eigenvalue weighted by atomic mass is 35.5. The van der Waals surface area contributed by atoms with Crippen molar-refractivity contribution in [2.75, 3.05) is 20.8 Å². The lowest BCUT2D eigenvalue weighted by molar-refractivity contribution is -0.115. The molecule has 1 aliphatic rings. The van der Waals surface area contributed by atoms with Crippen LogP contribution in [0.4, 0.5) is 5.69 Å². The number of amidine groups is 1. The highest BCUT2D eigenvalue weighted by molar-refractivity contribution is 8.18. The minimum atomic E-state index is -0.217. The Morgan fingerprint density at radius 3 is 2.51 bits per heavy atom. The van der Waals surface area contributed by atoms with Crippen molar-refractivity contribution in [2.24, 2.45) is 4.99 Å². The number of aliphatic imine (C=N–C) groups is 1. The first-order valence-corrected chi connectivity index (χ1v) is 12.8. The zero-order valence-corrected chi connectivity index (χ0v) is 22.5. The van der Waals surface area contributed by atoms with Crippen molar-refractivity contribution in [3.05, 3.63) is 81.2 Å². The maximum Gasteiger partial charge on any atom is 0.264 e. The third kappa shape index (κ3) is 6.58.